The second kappa shape index (κ2) is 11.7. The monoisotopic (exact) mass is 466 g/mol. The number of hydrogen-bond acceptors (Lipinski definition) is 6. The molecule has 182 valence electrons. The minimum absolute atomic E-state index is 0.0944. The molecule has 1 aliphatic heterocycles. The van der Waals surface area contributed by atoms with E-state index in [4.69, 9.17) is 9.47 Å². The van der Waals surface area contributed by atoms with E-state index in [0.29, 0.717) is 31.0 Å². The molecule has 0 saturated carbocycles. The Hall–Kier alpha value is -3.32. The van der Waals surface area contributed by atoms with Gasteiger partial charge in [0, 0.05) is 18.7 Å². The third-order valence-electron chi connectivity index (χ3n) is 6.12. The molecule has 7 heteroatoms. The summed E-state index contributed by atoms with van der Waals surface area (Å²) in [5, 5.41) is 11.2. The molecule has 0 aromatic heterocycles. The fourth-order valence-electron chi connectivity index (χ4n) is 4.12. The third-order valence-corrected chi connectivity index (χ3v) is 6.12. The molecular weight excluding hydrogens is 432 g/mol. The van der Waals surface area contributed by atoms with E-state index in [9.17, 15) is 14.7 Å². The standard InChI is InChI=1S/C27H34N2O5/c1-5-18-34-22-14-8-19(9-15-22)24-23(25(30)20-10-12-21(33-4)13-11-20)26(31)27(32)29(24)17-16-28(6-2)7-3/h8-15,24,30H,5-7,16-18H2,1-4H3. The zero-order chi connectivity index (χ0) is 24.7. The molecule has 1 atom stereocenters. The van der Waals surface area contributed by atoms with Crippen molar-refractivity contribution in [2.24, 2.45) is 0 Å². The predicted octanol–water partition coefficient (Wildman–Crippen LogP) is 4.25. The highest BCUT2D eigenvalue weighted by atomic mass is 16.5. The van der Waals surface area contributed by atoms with Gasteiger partial charge in [-0.05, 0) is 61.5 Å². The number of hydrogen-bond donors (Lipinski definition) is 1. The van der Waals surface area contributed by atoms with E-state index in [-0.39, 0.29) is 11.3 Å². The lowest BCUT2D eigenvalue weighted by atomic mass is 9.95. The number of ketones is 1. The molecule has 1 unspecified atom stereocenters. The number of carbonyl (C=O) groups is 2. The van der Waals surface area contributed by atoms with E-state index in [1.54, 1.807) is 36.3 Å². The molecule has 2 aromatic carbocycles. The number of aliphatic hydroxyl groups is 1. The number of likely N-dealkylation sites (N-methyl/N-ethyl adjacent to an activating group) is 1. The Kier molecular flexibility index (Phi) is 8.71. The fourth-order valence-corrected chi connectivity index (χ4v) is 4.12. The van der Waals surface area contributed by atoms with E-state index in [1.807, 2.05) is 31.2 Å². The lowest BCUT2D eigenvalue weighted by Crippen LogP contribution is -2.38. The van der Waals surface area contributed by atoms with Gasteiger partial charge in [-0.2, -0.15) is 0 Å². The summed E-state index contributed by atoms with van der Waals surface area (Å²) in [6.45, 7) is 9.49. The molecule has 0 bridgehead atoms. The number of ether oxygens (including phenoxy) is 2. The second-order valence-electron chi connectivity index (χ2n) is 8.17. The Morgan fingerprint density at radius 1 is 0.971 bits per heavy atom. The van der Waals surface area contributed by atoms with Crippen LogP contribution in [0.5, 0.6) is 11.5 Å². The molecule has 1 N–H and O–H groups in total. The van der Waals surface area contributed by atoms with Gasteiger partial charge in [-0.1, -0.05) is 32.9 Å². The number of methoxy groups -OCH3 is 1. The summed E-state index contributed by atoms with van der Waals surface area (Å²) in [5.74, 6) is -0.110. The highest BCUT2D eigenvalue weighted by molar-refractivity contribution is 6.46. The highest BCUT2D eigenvalue weighted by Gasteiger charge is 2.45. The third kappa shape index (κ3) is 5.42. The van der Waals surface area contributed by atoms with Crippen molar-refractivity contribution in [3.8, 4) is 11.5 Å². The molecule has 1 fully saturated rings. The van der Waals surface area contributed by atoms with Crippen LogP contribution in [0, 0.1) is 0 Å². The van der Waals surface area contributed by atoms with Gasteiger partial charge in [0.1, 0.15) is 17.3 Å². The largest absolute Gasteiger partial charge is 0.507 e. The summed E-state index contributed by atoms with van der Waals surface area (Å²) in [6.07, 6.45) is 0.898. The maximum absolute atomic E-state index is 13.2. The maximum atomic E-state index is 13.2. The summed E-state index contributed by atoms with van der Waals surface area (Å²) in [7, 11) is 1.56. The smallest absolute Gasteiger partial charge is 0.295 e. The second-order valence-corrected chi connectivity index (χ2v) is 8.17. The molecule has 3 rings (SSSR count). The topological polar surface area (TPSA) is 79.3 Å². The van der Waals surface area contributed by atoms with Crippen molar-refractivity contribution in [3.05, 3.63) is 65.2 Å². The number of aliphatic hydroxyl groups excluding tert-OH is 1. The lowest BCUT2D eigenvalue weighted by Gasteiger charge is -2.28. The predicted molar refractivity (Wildman–Crippen MR) is 132 cm³/mol. The van der Waals surface area contributed by atoms with Crippen LogP contribution < -0.4 is 9.47 Å². The molecular formula is C27H34N2O5. The molecule has 1 aliphatic rings. The summed E-state index contributed by atoms with van der Waals surface area (Å²) in [5.41, 5.74) is 1.30. The van der Waals surface area contributed by atoms with Crippen LogP contribution in [0.4, 0.5) is 0 Å². The number of carbonyl (C=O) groups excluding carboxylic acids is 2. The van der Waals surface area contributed by atoms with Crippen molar-refractivity contribution in [1.29, 1.82) is 0 Å². The zero-order valence-corrected chi connectivity index (χ0v) is 20.4. The highest BCUT2D eigenvalue weighted by Crippen LogP contribution is 2.39. The molecule has 1 saturated heterocycles. The SMILES string of the molecule is CCCOc1ccc(C2C(=C(O)c3ccc(OC)cc3)C(=O)C(=O)N2CCN(CC)CC)cc1. The van der Waals surface area contributed by atoms with Crippen LogP contribution in [0.3, 0.4) is 0 Å². The first-order valence-electron chi connectivity index (χ1n) is 11.8. The van der Waals surface area contributed by atoms with Gasteiger partial charge in [0.25, 0.3) is 11.7 Å². The number of benzene rings is 2. The lowest BCUT2D eigenvalue weighted by molar-refractivity contribution is -0.140. The van der Waals surface area contributed by atoms with Gasteiger partial charge in [0.2, 0.25) is 0 Å². The summed E-state index contributed by atoms with van der Waals surface area (Å²) in [6, 6.07) is 13.5. The molecule has 34 heavy (non-hydrogen) atoms. The number of nitrogens with zero attached hydrogens (tertiary/aromatic N) is 2. The van der Waals surface area contributed by atoms with Crippen LogP contribution in [-0.4, -0.2) is 66.5 Å². The minimum Gasteiger partial charge on any atom is -0.507 e. The molecule has 0 radical (unpaired) electrons. The minimum atomic E-state index is -0.683. The maximum Gasteiger partial charge on any atom is 0.295 e. The number of rotatable bonds is 11. The van der Waals surface area contributed by atoms with Crippen LogP contribution in [0.15, 0.2) is 54.1 Å². The quantitative estimate of drug-likeness (QED) is 0.303. The zero-order valence-electron chi connectivity index (χ0n) is 20.4. The number of amides is 1. The Morgan fingerprint density at radius 3 is 2.15 bits per heavy atom. The Morgan fingerprint density at radius 2 is 1.59 bits per heavy atom. The van der Waals surface area contributed by atoms with Crippen LogP contribution in [-0.2, 0) is 9.59 Å². The van der Waals surface area contributed by atoms with E-state index < -0.39 is 17.7 Å². The van der Waals surface area contributed by atoms with Crippen LogP contribution >= 0.6 is 0 Å². The molecule has 2 aromatic rings. The van der Waals surface area contributed by atoms with Crippen LogP contribution in [0.2, 0.25) is 0 Å². The molecule has 1 heterocycles. The van der Waals surface area contributed by atoms with Crippen LogP contribution in [0.1, 0.15) is 44.4 Å². The van der Waals surface area contributed by atoms with Gasteiger partial charge >= 0.3 is 0 Å². The Balaban J connectivity index is 2.04. The van der Waals surface area contributed by atoms with Gasteiger partial charge in [-0.25, -0.2) is 0 Å². The number of likely N-dealkylation sites (tertiary alicyclic amines) is 1. The van der Waals surface area contributed by atoms with E-state index in [1.165, 1.54) is 0 Å². The number of Topliss-reactive ketones (excluding diaryl/α,β-unsaturated/α-hetero) is 1. The van der Waals surface area contributed by atoms with Gasteiger partial charge in [0.15, 0.2) is 0 Å². The summed E-state index contributed by atoms with van der Waals surface area (Å²) >= 11 is 0. The Labute approximate surface area is 201 Å². The van der Waals surface area contributed by atoms with Crippen molar-refractivity contribution in [2.45, 2.75) is 33.2 Å². The first kappa shape index (κ1) is 25.3. The normalized spacial score (nSPS) is 17.4. The average molecular weight is 467 g/mol. The van der Waals surface area contributed by atoms with Gasteiger partial charge in [-0.3, -0.25) is 9.59 Å². The van der Waals surface area contributed by atoms with Crippen molar-refractivity contribution >= 4 is 17.4 Å². The summed E-state index contributed by atoms with van der Waals surface area (Å²) in [4.78, 5) is 30.0. The van der Waals surface area contributed by atoms with Gasteiger partial charge < -0.3 is 24.4 Å². The summed E-state index contributed by atoms with van der Waals surface area (Å²) < 4.78 is 10.9. The van der Waals surface area contributed by atoms with Crippen molar-refractivity contribution in [3.63, 3.8) is 0 Å². The fraction of sp³-hybridized carbons (Fsp3) is 0.407. The molecule has 0 aliphatic carbocycles. The average Bonchev–Trinajstić information content (AvgIpc) is 3.13. The van der Waals surface area contributed by atoms with E-state index in [0.717, 1.165) is 30.8 Å². The molecule has 1 amide bonds. The van der Waals surface area contributed by atoms with Crippen molar-refractivity contribution < 1.29 is 24.2 Å². The van der Waals surface area contributed by atoms with E-state index in [2.05, 4.69) is 18.7 Å². The first-order valence-corrected chi connectivity index (χ1v) is 11.8. The first-order chi connectivity index (χ1) is 16.4. The van der Waals surface area contributed by atoms with Gasteiger partial charge in [0.05, 0.1) is 25.3 Å². The van der Waals surface area contributed by atoms with Crippen molar-refractivity contribution in [1.82, 2.24) is 9.80 Å². The van der Waals surface area contributed by atoms with E-state index >= 15 is 0 Å². The van der Waals surface area contributed by atoms with Crippen molar-refractivity contribution in [2.75, 3.05) is 39.9 Å². The van der Waals surface area contributed by atoms with Crippen LogP contribution in [0.25, 0.3) is 5.76 Å². The molecule has 7 nitrogen and oxygen atoms in total. The Bertz CT molecular complexity index is 1010. The molecule has 0 spiro atoms. The van der Waals surface area contributed by atoms with Gasteiger partial charge in [-0.15, -0.1) is 0 Å².